The monoisotopic (exact) mass is 267 g/mol. The van der Waals surface area contributed by atoms with Crippen molar-refractivity contribution in [3.05, 3.63) is 0 Å². The van der Waals surface area contributed by atoms with Crippen molar-refractivity contribution in [2.24, 2.45) is 0 Å². The highest BCUT2D eigenvalue weighted by Gasteiger charge is 2.18. The molecule has 0 aliphatic carbocycles. The Balaban J connectivity index is 2.30. The predicted octanol–water partition coefficient (Wildman–Crippen LogP) is -1.44. The van der Waals surface area contributed by atoms with E-state index in [9.17, 15) is 13.2 Å². The molecule has 1 unspecified atom stereocenters. The molecule has 100 valence electrons. The minimum atomic E-state index is -3.87. The molecule has 3 N–H and O–H groups in total. The zero-order valence-electron chi connectivity index (χ0n) is 9.56. The van der Waals surface area contributed by atoms with E-state index in [2.05, 4.69) is 14.8 Å². The minimum absolute atomic E-state index is 0.0949. The van der Waals surface area contributed by atoms with Crippen LogP contribution in [0.1, 0.15) is 6.92 Å². The van der Waals surface area contributed by atoms with Crippen LogP contribution in [0.2, 0.25) is 0 Å². The van der Waals surface area contributed by atoms with Gasteiger partial charge in [-0.15, -0.1) is 0 Å². The van der Waals surface area contributed by atoms with Gasteiger partial charge in [-0.05, 0) is 6.92 Å². The zero-order chi connectivity index (χ0) is 12.7. The Morgan fingerprint density at radius 3 is 2.94 bits per heavy atom. The SMILES string of the molecule is CCOC(=O)NS(=O)(=O)NCC1COCCN1. The summed E-state index contributed by atoms with van der Waals surface area (Å²) in [5.74, 6) is 0. The third-order valence-corrected chi connectivity index (χ3v) is 2.99. The lowest BCUT2D eigenvalue weighted by atomic mass is 10.3. The van der Waals surface area contributed by atoms with Crippen LogP contribution in [0.15, 0.2) is 0 Å². The van der Waals surface area contributed by atoms with Crippen molar-refractivity contribution in [2.45, 2.75) is 13.0 Å². The van der Waals surface area contributed by atoms with Gasteiger partial charge in [-0.25, -0.2) is 9.52 Å². The normalized spacial score (nSPS) is 20.9. The second kappa shape index (κ2) is 6.74. The molecule has 8 nitrogen and oxygen atoms in total. The van der Waals surface area contributed by atoms with Crippen molar-refractivity contribution in [3.8, 4) is 0 Å². The first kappa shape index (κ1) is 14.2. The van der Waals surface area contributed by atoms with Gasteiger partial charge in [0.2, 0.25) is 0 Å². The van der Waals surface area contributed by atoms with Crippen LogP contribution in [-0.4, -0.2) is 53.5 Å². The Morgan fingerprint density at radius 2 is 2.35 bits per heavy atom. The highest BCUT2D eigenvalue weighted by atomic mass is 32.2. The standard InChI is InChI=1S/C8H17N3O5S/c1-2-16-8(12)11-17(13,14)10-5-7-6-15-4-3-9-7/h7,9-10H,2-6H2,1H3,(H,11,12). The van der Waals surface area contributed by atoms with E-state index in [-0.39, 0.29) is 19.2 Å². The fourth-order valence-corrected chi connectivity index (χ4v) is 2.04. The molecule has 1 atom stereocenters. The lowest BCUT2D eigenvalue weighted by Crippen LogP contribution is -2.50. The van der Waals surface area contributed by atoms with Crippen LogP contribution in [0.5, 0.6) is 0 Å². The molecule has 1 saturated heterocycles. The second-order valence-corrected chi connectivity index (χ2v) is 4.90. The fraction of sp³-hybridized carbons (Fsp3) is 0.875. The maximum absolute atomic E-state index is 11.4. The predicted molar refractivity (Wildman–Crippen MR) is 59.7 cm³/mol. The van der Waals surface area contributed by atoms with Crippen LogP contribution in [-0.2, 0) is 19.7 Å². The van der Waals surface area contributed by atoms with Gasteiger partial charge in [-0.1, -0.05) is 0 Å². The lowest BCUT2D eigenvalue weighted by molar-refractivity contribution is 0.0783. The van der Waals surface area contributed by atoms with Gasteiger partial charge in [-0.2, -0.15) is 13.1 Å². The first-order valence-corrected chi connectivity index (χ1v) is 6.77. The van der Waals surface area contributed by atoms with E-state index in [1.165, 1.54) is 0 Å². The molecule has 0 saturated carbocycles. The van der Waals surface area contributed by atoms with Crippen molar-refractivity contribution < 1.29 is 22.7 Å². The summed E-state index contributed by atoms with van der Waals surface area (Å²) < 4.78 is 36.3. The topological polar surface area (TPSA) is 106 Å². The first-order valence-electron chi connectivity index (χ1n) is 5.29. The number of carbonyl (C=O) groups is 1. The summed E-state index contributed by atoms with van der Waals surface area (Å²) >= 11 is 0. The molecular formula is C8H17N3O5S. The molecule has 1 rings (SSSR count). The first-order chi connectivity index (χ1) is 8.03. The summed E-state index contributed by atoms with van der Waals surface area (Å²) in [6.45, 7) is 3.57. The Morgan fingerprint density at radius 1 is 1.59 bits per heavy atom. The van der Waals surface area contributed by atoms with Gasteiger partial charge in [0.15, 0.2) is 0 Å². The average molecular weight is 267 g/mol. The average Bonchev–Trinajstić information content (AvgIpc) is 2.27. The lowest BCUT2D eigenvalue weighted by Gasteiger charge is -2.23. The van der Waals surface area contributed by atoms with Crippen LogP contribution < -0.4 is 14.8 Å². The Kier molecular flexibility index (Phi) is 5.62. The smallest absolute Gasteiger partial charge is 0.421 e. The van der Waals surface area contributed by atoms with Crippen molar-refractivity contribution in [1.82, 2.24) is 14.8 Å². The number of nitrogens with one attached hydrogen (secondary N) is 3. The molecule has 0 spiro atoms. The zero-order valence-corrected chi connectivity index (χ0v) is 10.4. The third kappa shape index (κ3) is 5.82. The molecule has 1 aliphatic rings. The molecule has 1 aliphatic heterocycles. The Bertz CT molecular complexity index is 339. The van der Waals surface area contributed by atoms with Crippen LogP contribution in [0, 0.1) is 0 Å². The van der Waals surface area contributed by atoms with E-state index in [1.807, 2.05) is 0 Å². The molecule has 1 heterocycles. The number of ether oxygens (including phenoxy) is 2. The summed E-state index contributed by atoms with van der Waals surface area (Å²) in [7, 11) is -3.87. The van der Waals surface area contributed by atoms with Crippen LogP contribution >= 0.6 is 0 Å². The maximum atomic E-state index is 11.4. The number of amides is 1. The van der Waals surface area contributed by atoms with E-state index in [0.717, 1.165) is 0 Å². The van der Waals surface area contributed by atoms with Crippen LogP contribution in [0.4, 0.5) is 4.79 Å². The number of hydrogen-bond donors (Lipinski definition) is 3. The van der Waals surface area contributed by atoms with Gasteiger partial charge in [0.25, 0.3) is 0 Å². The van der Waals surface area contributed by atoms with E-state index >= 15 is 0 Å². The van der Waals surface area contributed by atoms with Crippen LogP contribution in [0.25, 0.3) is 0 Å². The largest absolute Gasteiger partial charge is 0.449 e. The number of rotatable bonds is 5. The summed E-state index contributed by atoms with van der Waals surface area (Å²) in [5, 5.41) is 3.07. The van der Waals surface area contributed by atoms with Gasteiger partial charge in [0, 0.05) is 19.1 Å². The second-order valence-electron chi connectivity index (χ2n) is 3.40. The summed E-state index contributed by atoms with van der Waals surface area (Å²) in [6, 6.07) is -0.0949. The Labute approximate surface area is 100 Å². The number of morpholine rings is 1. The molecule has 1 fully saturated rings. The molecule has 17 heavy (non-hydrogen) atoms. The fourth-order valence-electron chi connectivity index (χ4n) is 1.27. The number of hydrogen-bond acceptors (Lipinski definition) is 6. The summed E-state index contributed by atoms with van der Waals surface area (Å²) in [5.41, 5.74) is 0. The van der Waals surface area contributed by atoms with Gasteiger partial charge in [0.05, 0.1) is 19.8 Å². The van der Waals surface area contributed by atoms with Gasteiger partial charge in [0.1, 0.15) is 0 Å². The highest BCUT2D eigenvalue weighted by Crippen LogP contribution is 1.92. The van der Waals surface area contributed by atoms with Crippen molar-refractivity contribution in [1.29, 1.82) is 0 Å². The van der Waals surface area contributed by atoms with Crippen LogP contribution in [0.3, 0.4) is 0 Å². The van der Waals surface area contributed by atoms with E-state index in [4.69, 9.17) is 4.74 Å². The summed E-state index contributed by atoms with van der Waals surface area (Å²) in [6.07, 6.45) is -0.993. The molecule has 1 amide bonds. The molecule has 0 aromatic heterocycles. The van der Waals surface area contributed by atoms with Crippen molar-refractivity contribution in [2.75, 3.05) is 32.9 Å². The molecule has 0 aromatic carbocycles. The van der Waals surface area contributed by atoms with E-state index < -0.39 is 16.3 Å². The van der Waals surface area contributed by atoms with E-state index in [1.54, 1.807) is 11.6 Å². The molecule has 0 bridgehead atoms. The van der Waals surface area contributed by atoms with Gasteiger partial charge >= 0.3 is 16.3 Å². The quantitative estimate of drug-likeness (QED) is 0.563. The Hall–Kier alpha value is -0.900. The third-order valence-electron chi connectivity index (χ3n) is 2.01. The molecule has 9 heteroatoms. The molecular weight excluding hydrogens is 250 g/mol. The van der Waals surface area contributed by atoms with Gasteiger partial charge in [-0.3, -0.25) is 0 Å². The molecule has 0 aromatic rings. The van der Waals surface area contributed by atoms with Crippen molar-refractivity contribution >= 4 is 16.3 Å². The minimum Gasteiger partial charge on any atom is -0.449 e. The maximum Gasteiger partial charge on any atom is 0.421 e. The number of carbonyl (C=O) groups excluding carboxylic acids is 1. The van der Waals surface area contributed by atoms with Crippen molar-refractivity contribution in [3.63, 3.8) is 0 Å². The summed E-state index contributed by atoms with van der Waals surface area (Å²) in [4.78, 5) is 10.9. The highest BCUT2D eigenvalue weighted by molar-refractivity contribution is 7.88. The van der Waals surface area contributed by atoms with Gasteiger partial charge < -0.3 is 14.8 Å². The molecule has 0 radical (unpaired) electrons. The van der Waals surface area contributed by atoms with E-state index in [0.29, 0.717) is 19.8 Å².